The maximum Gasteiger partial charge on any atom is 0.497 e. The van der Waals surface area contributed by atoms with Gasteiger partial charge in [-0.25, -0.2) is 8.78 Å². The van der Waals surface area contributed by atoms with Gasteiger partial charge in [0.2, 0.25) is 5.43 Å². The molecule has 2 aromatic carbocycles. The van der Waals surface area contributed by atoms with Crippen LogP contribution in [-0.2, 0) is 9.31 Å². The van der Waals surface area contributed by atoms with Crippen molar-refractivity contribution in [2.75, 3.05) is 5.32 Å². The highest BCUT2D eigenvalue weighted by molar-refractivity contribution is 6.62. The minimum Gasteiger partial charge on any atom is -0.399 e. The lowest BCUT2D eigenvalue weighted by molar-refractivity contribution is 0.00578. The van der Waals surface area contributed by atoms with E-state index >= 15 is 4.39 Å². The Bertz CT molecular complexity index is 1540. The van der Waals surface area contributed by atoms with Gasteiger partial charge in [0.05, 0.1) is 16.8 Å². The van der Waals surface area contributed by atoms with Gasteiger partial charge in [0.25, 0.3) is 5.91 Å². The van der Waals surface area contributed by atoms with Crippen LogP contribution in [0.5, 0.6) is 0 Å². The Morgan fingerprint density at radius 2 is 1.72 bits per heavy atom. The minimum atomic E-state index is -0.911. The number of aromatic nitrogens is 1. The Balaban J connectivity index is 1.49. The molecule has 2 heterocycles. The van der Waals surface area contributed by atoms with E-state index in [4.69, 9.17) is 9.31 Å². The number of hydrogen-bond acceptors (Lipinski definition) is 5. The summed E-state index contributed by atoms with van der Waals surface area (Å²) in [4.78, 5) is 26.9. The second kappa shape index (κ2) is 9.74. The molecule has 1 amide bonds. The largest absolute Gasteiger partial charge is 0.497 e. The molecule has 5 rings (SSSR count). The molecule has 39 heavy (non-hydrogen) atoms. The van der Waals surface area contributed by atoms with Crippen molar-refractivity contribution in [3.63, 3.8) is 0 Å². The highest BCUT2D eigenvalue weighted by Gasteiger charge is 2.52. The lowest BCUT2D eigenvalue weighted by Gasteiger charge is -2.32. The number of hydrogen-bond donors (Lipinski definition) is 1. The number of benzene rings is 2. The Kier molecular flexibility index (Phi) is 6.69. The molecule has 0 bridgehead atoms. The van der Waals surface area contributed by atoms with Crippen LogP contribution in [0.25, 0.3) is 11.1 Å². The zero-order valence-electron chi connectivity index (χ0n) is 22.2. The van der Waals surface area contributed by atoms with Crippen LogP contribution in [0.3, 0.4) is 0 Å². The minimum absolute atomic E-state index is 0.0272. The number of nitrogens with zero attached hydrogens (tertiary/aromatic N) is 2. The summed E-state index contributed by atoms with van der Waals surface area (Å²) in [7, 11) is -0.911. The molecule has 2 aliphatic rings. The zero-order chi connectivity index (χ0) is 28.1. The SMILES string of the molecule is CC1(C)OB(c2ccc(NC(=O)c3cn(C4CCC4)c(C#N)c(-c4ccc(F)cc4)c3=O)cc2F)OC1(C)C. The predicted molar refractivity (Wildman–Crippen MR) is 144 cm³/mol. The van der Waals surface area contributed by atoms with E-state index in [1.54, 1.807) is 4.57 Å². The fraction of sp³-hybridized carbons (Fsp3) is 0.345. The molecule has 2 fully saturated rings. The number of halogens is 2. The summed E-state index contributed by atoms with van der Waals surface area (Å²) in [6.07, 6.45) is 3.95. The third kappa shape index (κ3) is 4.77. The first-order valence-electron chi connectivity index (χ1n) is 12.8. The number of anilines is 1. The van der Waals surface area contributed by atoms with Crippen molar-refractivity contribution in [3.8, 4) is 17.2 Å². The smallest absolute Gasteiger partial charge is 0.399 e. The quantitative estimate of drug-likeness (QED) is 0.471. The summed E-state index contributed by atoms with van der Waals surface area (Å²) in [5, 5.41) is 12.5. The Hall–Kier alpha value is -3.81. The topological polar surface area (TPSA) is 93.4 Å². The van der Waals surface area contributed by atoms with Crippen molar-refractivity contribution < 1.29 is 22.9 Å². The van der Waals surface area contributed by atoms with E-state index in [9.17, 15) is 19.2 Å². The zero-order valence-corrected chi connectivity index (χ0v) is 22.2. The average molecular weight is 531 g/mol. The van der Waals surface area contributed by atoms with Gasteiger partial charge in [-0.3, -0.25) is 9.59 Å². The second-order valence-electron chi connectivity index (χ2n) is 11.0. The van der Waals surface area contributed by atoms with Crippen LogP contribution in [0.15, 0.2) is 53.5 Å². The van der Waals surface area contributed by atoms with Gasteiger partial charge in [-0.2, -0.15) is 5.26 Å². The predicted octanol–water partition coefficient (Wildman–Crippen LogP) is 4.94. The summed E-state index contributed by atoms with van der Waals surface area (Å²) < 4.78 is 42.2. The molecule has 1 aromatic heterocycles. The highest BCUT2D eigenvalue weighted by Crippen LogP contribution is 2.37. The van der Waals surface area contributed by atoms with E-state index in [0.717, 1.165) is 25.3 Å². The number of nitrogens with one attached hydrogen (secondary N) is 1. The van der Waals surface area contributed by atoms with Crippen LogP contribution < -0.4 is 16.2 Å². The first-order valence-corrected chi connectivity index (χ1v) is 12.8. The lowest BCUT2D eigenvalue weighted by Crippen LogP contribution is -2.41. The van der Waals surface area contributed by atoms with Crippen LogP contribution >= 0.6 is 0 Å². The molecule has 0 spiro atoms. The molecule has 200 valence electrons. The molecule has 1 saturated carbocycles. The molecule has 1 N–H and O–H groups in total. The van der Waals surface area contributed by atoms with E-state index in [-0.39, 0.29) is 34.0 Å². The van der Waals surface area contributed by atoms with E-state index in [1.807, 2.05) is 27.7 Å². The van der Waals surface area contributed by atoms with E-state index < -0.39 is 41.3 Å². The normalized spacial score (nSPS) is 17.9. The van der Waals surface area contributed by atoms with Crippen molar-refractivity contribution >= 4 is 24.2 Å². The summed E-state index contributed by atoms with van der Waals surface area (Å²) >= 11 is 0. The molecular formula is C29H28BF2N3O4. The molecule has 0 unspecified atom stereocenters. The summed E-state index contributed by atoms with van der Waals surface area (Å²) in [5.41, 5.74) is -1.35. The second-order valence-corrected chi connectivity index (χ2v) is 11.0. The monoisotopic (exact) mass is 531 g/mol. The molecule has 1 aliphatic heterocycles. The van der Waals surface area contributed by atoms with Crippen molar-refractivity contribution in [2.45, 2.75) is 64.2 Å². The van der Waals surface area contributed by atoms with Crippen LogP contribution in [0, 0.1) is 23.0 Å². The standard InChI is InChI=1S/C29H28BF2N3O4/c1-28(2)29(3,4)39-30(38-28)22-13-12-19(14-23(22)32)34-27(37)21-16-35(20-6-5-7-20)24(15-33)25(26(21)36)17-8-10-18(31)11-9-17/h8-14,16,20H,5-7H2,1-4H3,(H,34,37). The van der Waals surface area contributed by atoms with E-state index in [2.05, 4.69) is 11.4 Å². The number of amides is 1. The first kappa shape index (κ1) is 26.8. The fourth-order valence-electron chi connectivity index (χ4n) is 4.71. The first-order chi connectivity index (χ1) is 18.4. The molecule has 3 aromatic rings. The van der Waals surface area contributed by atoms with Crippen LogP contribution in [0.4, 0.5) is 14.5 Å². The summed E-state index contributed by atoms with van der Waals surface area (Å²) in [6, 6.07) is 11.4. The Morgan fingerprint density at radius 1 is 1.08 bits per heavy atom. The van der Waals surface area contributed by atoms with Crippen molar-refractivity contribution in [1.29, 1.82) is 5.26 Å². The molecule has 10 heteroatoms. The van der Waals surface area contributed by atoms with Gasteiger partial charge >= 0.3 is 7.12 Å². The average Bonchev–Trinajstić information content (AvgIpc) is 3.05. The third-order valence-electron chi connectivity index (χ3n) is 7.95. The summed E-state index contributed by atoms with van der Waals surface area (Å²) in [6.45, 7) is 7.47. The van der Waals surface area contributed by atoms with Crippen LogP contribution in [0.1, 0.15) is 69.1 Å². The highest BCUT2D eigenvalue weighted by atomic mass is 19.1. The Labute approximate surface area is 225 Å². The van der Waals surface area contributed by atoms with Gasteiger partial charge in [-0.05, 0) is 76.8 Å². The number of pyridine rings is 1. The van der Waals surface area contributed by atoms with Gasteiger partial charge in [-0.15, -0.1) is 0 Å². The maximum atomic E-state index is 15.1. The van der Waals surface area contributed by atoms with E-state index in [0.29, 0.717) is 5.56 Å². The van der Waals surface area contributed by atoms with Gasteiger partial charge in [0, 0.05) is 23.4 Å². The lowest BCUT2D eigenvalue weighted by atomic mass is 9.78. The van der Waals surface area contributed by atoms with Crippen molar-refractivity contribution in [2.24, 2.45) is 0 Å². The number of carbonyl (C=O) groups excluding carboxylic acids is 1. The van der Waals surface area contributed by atoms with Gasteiger partial charge < -0.3 is 19.2 Å². The molecule has 0 radical (unpaired) electrons. The van der Waals surface area contributed by atoms with Gasteiger partial charge in [0.15, 0.2) is 0 Å². The van der Waals surface area contributed by atoms with E-state index in [1.165, 1.54) is 42.6 Å². The van der Waals surface area contributed by atoms with Crippen molar-refractivity contribution in [1.82, 2.24) is 4.57 Å². The van der Waals surface area contributed by atoms with Gasteiger partial charge in [-0.1, -0.05) is 18.2 Å². The molecular weight excluding hydrogens is 503 g/mol. The fourth-order valence-corrected chi connectivity index (χ4v) is 4.71. The van der Waals surface area contributed by atoms with Gasteiger partial charge in [0.1, 0.15) is 29.0 Å². The molecule has 1 aliphatic carbocycles. The van der Waals surface area contributed by atoms with Crippen LogP contribution in [0.2, 0.25) is 0 Å². The third-order valence-corrected chi connectivity index (χ3v) is 7.95. The summed E-state index contributed by atoms with van der Waals surface area (Å²) in [5.74, 6) is -1.87. The molecule has 7 nitrogen and oxygen atoms in total. The molecule has 1 saturated heterocycles. The molecule has 0 atom stereocenters. The van der Waals surface area contributed by atoms with Crippen molar-refractivity contribution in [3.05, 3.63) is 81.8 Å². The van der Waals surface area contributed by atoms with Crippen LogP contribution in [-0.4, -0.2) is 28.8 Å². The number of nitriles is 1. The number of rotatable bonds is 5. The number of carbonyl (C=O) groups is 1. The maximum absolute atomic E-state index is 15.1. The Morgan fingerprint density at radius 3 is 2.26 bits per heavy atom.